The van der Waals surface area contributed by atoms with E-state index >= 15 is 0 Å². The van der Waals surface area contributed by atoms with Gasteiger partial charge in [0.05, 0.1) is 5.56 Å². The summed E-state index contributed by atoms with van der Waals surface area (Å²) in [5.41, 5.74) is 0.0226. The number of halogens is 1. The monoisotopic (exact) mass is 251 g/mol. The van der Waals surface area contributed by atoms with Crippen molar-refractivity contribution in [1.29, 1.82) is 0 Å². The number of rotatable bonds is 5. The lowest BCUT2D eigenvalue weighted by Gasteiger charge is -2.06. The quantitative estimate of drug-likeness (QED) is 0.470. The van der Waals surface area contributed by atoms with Gasteiger partial charge >= 0.3 is 0 Å². The zero-order valence-corrected chi connectivity index (χ0v) is 10.3. The number of carbonyl (C=O) groups is 1. The van der Waals surface area contributed by atoms with Crippen molar-refractivity contribution >= 4 is 18.5 Å². The van der Waals surface area contributed by atoms with Gasteiger partial charge in [-0.05, 0) is 31.0 Å². The fraction of sp³-hybridized carbons (Fsp3) is 0.308. The summed E-state index contributed by atoms with van der Waals surface area (Å²) in [7, 11) is 0. The van der Waals surface area contributed by atoms with Gasteiger partial charge in [0.25, 0.3) is 5.91 Å². The van der Waals surface area contributed by atoms with E-state index in [0.29, 0.717) is 17.9 Å². The van der Waals surface area contributed by atoms with Crippen LogP contribution in [-0.4, -0.2) is 12.5 Å². The smallest absolute Gasteiger partial charge is 0.254 e. The van der Waals surface area contributed by atoms with Gasteiger partial charge in [0.1, 0.15) is 5.82 Å². The molecule has 4 heteroatoms. The number of amides is 1. The molecule has 1 rings (SSSR count). The molecular weight excluding hydrogens is 237 g/mol. The van der Waals surface area contributed by atoms with Gasteiger partial charge in [-0.2, -0.15) is 0 Å². The van der Waals surface area contributed by atoms with Crippen molar-refractivity contribution < 1.29 is 9.18 Å². The molecule has 0 atom stereocenters. The minimum atomic E-state index is -0.538. The lowest BCUT2D eigenvalue weighted by atomic mass is 10.2. The molecule has 0 aromatic heterocycles. The molecular formula is C13H14FNOS. The molecule has 90 valence electrons. The van der Waals surface area contributed by atoms with Crippen LogP contribution in [0.3, 0.4) is 0 Å². The number of hydrogen-bond donors (Lipinski definition) is 2. The summed E-state index contributed by atoms with van der Waals surface area (Å²) in [5.74, 6) is 1.57. The van der Waals surface area contributed by atoms with Crippen molar-refractivity contribution in [1.82, 2.24) is 5.32 Å². The second-order valence-electron chi connectivity index (χ2n) is 3.58. The predicted octanol–water partition coefficient (Wildman–Crippen LogP) is 2.65. The van der Waals surface area contributed by atoms with Crippen molar-refractivity contribution in [2.45, 2.75) is 24.2 Å². The molecule has 0 aliphatic carbocycles. The van der Waals surface area contributed by atoms with E-state index < -0.39 is 11.7 Å². The summed E-state index contributed by atoms with van der Waals surface area (Å²) in [6.07, 6.45) is 7.44. The number of terminal acetylenes is 1. The third kappa shape index (κ3) is 4.49. The molecule has 0 spiro atoms. The molecule has 0 aliphatic rings. The maximum Gasteiger partial charge on any atom is 0.254 e. The van der Waals surface area contributed by atoms with Crippen molar-refractivity contribution in [2.24, 2.45) is 0 Å². The van der Waals surface area contributed by atoms with E-state index in [2.05, 4.69) is 23.9 Å². The van der Waals surface area contributed by atoms with Crippen molar-refractivity contribution in [3.63, 3.8) is 0 Å². The zero-order valence-electron chi connectivity index (χ0n) is 9.37. The molecule has 0 bridgehead atoms. The van der Waals surface area contributed by atoms with Crippen LogP contribution >= 0.6 is 12.6 Å². The summed E-state index contributed by atoms with van der Waals surface area (Å²) in [4.78, 5) is 12.2. The summed E-state index contributed by atoms with van der Waals surface area (Å²) >= 11 is 4.06. The molecule has 0 saturated carbocycles. The number of hydrogen-bond acceptors (Lipinski definition) is 2. The fourth-order valence-corrected chi connectivity index (χ4v) is 1.54. The lowest BCUT2D eigenvalue weighted by molar-refractivity contribution is 0.0949. The van der Waals surface area contributed by atoms with E-state index in [1.165, 1.54) is 18.2 Å². The van der Waals surface area contributed by atoms with Crippen molar-refractivity contribution in [3.8, 4) is 12.3 Å². The molecule has 1 amide bonds. The van der Waals surface area contributed by atoms with Gasteiger partial charge in [0, 0.05) is 17.9 Å². The van der Waals surface area contributed by atoms with Crippen molar-refractivity contribution in [3.05, 3.63) is 29.6 Å². The number of carbonyl (C=O) groups excluding carboxylic acids is 1. The highest BCUT2D eigenvalue weighted by Gasteiger charge is 2.10. The molecule has 0 unspecified atom stereocenters. The first kappa shape index (κ1) is 13.6. The van der Waals surface area contributed by atoms with E-state index in [9.17, 15) is 9.18 Å². The first-order chi connectivity index (χ1) is 8.15. The third-order valence-electron chi connectivity index (χ3n) is 2.23. The zero-order chi connectivity index (χ0) is 12.7. The average molecular weight is 251 g/mol. The Balaban J connectivity index is 2.47. The van der Waals surface area contributed by atoms with E-state index in [1.54, 1.807) is 0 Å². The predicted molar refractivity (Wildman–Crippen MR) is 68.7 cm³/mol. The number of benzene rings is 1. The normalized spacial score (nSPS) is 9.71. The van der Waals surface area contributed by atoms with E-state index in [0.717, 1.165) is 12.8 Å². The molecule has 0 saturated heterocycles. The Morgan fingerprint density at radius 1 is 1.47 bits per heavy atom. The summed E-state index contributed by atoms with van der Waals surface area (Å²) in [5, 5.41) is 2.64. The molecule has 0 fully saturated rings. The Bertz CT molecular complexity index is 440. The molecule has 0 radical (unpaired) electrons. The largest absolute Gasteiger partial charge is 0.352 e. The maximum atomic E-state index is 13.3. The van der Waals surface area contributed by atoms with Gasteiger partial charge < -0.3 is 5.32 Å². The van der Waals surface area contributed by atoms with E-state index in [1.807, 2.05) is 0 Å². The SMILES string of the molecule is C#CCCCCNC(=O)c1cc(S)ccc1F. The molecule has 0 heterocycles. The van der Waals surface area contributed by atoms with Gasteiger partial charge in [-0.3, -0.25) is 4.79 Å². The van der Waals surface area contributed by atoms with Gasteiger partial charge in [0.15, 0.2) is 0 Å². The lowest BCUT2D eigenvalue weighted by Crippen LogP contribution is -2.25. The first-order valence-electron chi connectivity index (χ1n) is 5.35. The van der Waals surface area contributed by atoms with Gasteiger partial charge in [-0.15, -0.1) is 25.0 Å². The Morgan fingerprint density at radius 2 is 2.24 bits per heavy atom. The topological polar surface area (TPSA) is 29.1 Å². The summed E-state index contributed by atoms with van der Waals surface area (Å²) in [6, 6.07) is 4.15. The molecule has 0 aliphatic heterocycles. The Hall–Kier alpha value is -1.47. The van der Waals surface area contributed by atoms with E-state index in [4.69, 9.17) is 6.42 Å². The van der Waals surface area contributed by atoms with Crippen LogP contribution in [0.25, 0.3) is 0 Å². The minimum absolute atomic E-state index is 0.0226. The van der Waals surface area contributed by atoms with Crippen LogP contribution in [0.2, 0.25) is 0 Å². The molecule has 1 aromatic carbocycles. The molecule has 2 nitrogen and oxygen atoms in total. The first-order valence-corrected chi connectivity index (χ1v) is 5.80. The highest BCUT2D eigenvalue weighted by atomic mass is 32.1. The second-order valence-corrected chi connectivity index (χ2v) is 4.10. The minimum Gasteiger partial charge on any atom is -0.352 e. The van der Waals surface area contributed by atoms with Crippen molar-refractivity contribution in [2.75, 3.05) is 6.54 Å². The second kappa shape index (κ2) is 6.97. The average Bonchev–Trinajstić information content (AvgIpc) is 2.32. The van der Waals surface area contributed by atoms with Gasteiger partial charge in [-0.1, -0.05) is 0 Å². The highest BCUT2D eigenvalue weighted by Crippen LogP contribution is 2.13. The van der Waals surface area contributed by atoms with Crippen LogP contribution in [0.15, 0.2) is 23.1 Å². The van der Waals surface area contributed by atoms with Crippen LogP contribution in [0, 0.1) is 18.2 Å². The van der Waals surface area contributed by atoms with Crippen LogP contribution < -0.4 is 5.32 Å². The summed E-state index contributed by atoms with van der Waals surface area (Å²) in [6.45, 7) is 0.497. The van der Waals surface area contributed by atoms with Crippen LogP contribution in [0.4, 0.5) is 4.39 Å². The van der Waals surface area contributed by atoms with E-state index in [-0.39, 0.29) is 5.56 Å². The fourth-order valence-electron chi connectivity index (χ4n) is 1.34. The number of thiol groups is 1. The number of nitrogens with one attached hydrogen (secondary N) is 1. The highest BCUT2D eigenvalue weighted by molar-refractivity contribution is 7.80. The number of unbranched alkanes of at least 4 members (excludes halogenated alkanes) is 2. The Morgan fingerprint density at radius 3 is 2.94 bits per heavy atom. The van der Waals surface area contributed by atoms with Gasteiger partial charge in [-0.25, -0.2) is 4.39 Å². The molecule has 1 aromatic rings. The van der Waals surface area contributed by atoms with Crippen LogP contribution in [0.1, 0.15) is 29.6 Å². The summed E-state index contributed by atoms with van der Waals surface area (Å²) < 4.78 is 13.3. The molecule has 1 N–H and O–H groups in total. The van der Waals surface area contributed by atoms with Crippen LogP contribution in [0.5, 0.6) is 0 Å². The van der Waals surface area contributed by atoms with Gasteiger partial charge in [0.2, 0.25) is 0 Å². The van der Waals surface area contributed by atoms with Crippen LogP contribution in [-0.2, 0) is 0 Å². The Kier molecular flexibility index (Phi) is 5.58. The standard InChI is InChI=1S/C13H14FNOS/c1-2-3-4-5-8-15-13(16)11-9-10(17)6-7-12(11)14/h1,6-7,9,17H,3-5,8H2,(H,15,16). The maximum absolute atomic E-state index is 13.3. The third-order valence-corrected chi connectivity index (χ3v) is 2.51. The Labute approximate surface area is 106 Å². The molecule has 17 heavy (non-hydrogen) atoms.